The van der Waals surface area contributed by atoms with Crippen LogP contribution in [-0.4, -0.2) is 61.0 Å². The van der Waals surface area contributed by atoms with Crippen LogP contribution in [0.1, 0.15) is 39.5 Å². The molecule has 5 heteroatoms. The summed E-state index contributed by atoms with van der Waals surface area (Å²) in [5.74, 6) is -0.0926. The SMILES string of the molecule is CCN(CCC1CCCC1(N)C(N)=O)C(C)CN(C)C. The summed E-state index contributed by atoms with van der Waals surface area (Å²) >= 11 is 0. The van der Waals surface area contributed by atoms with Crippen molar-refractivity contribution in [2.45, 2.75) is 51.1 Å². The number of rotatable bonds is 8. The fraction of sp³-hybridized carbons (Fsp3) is 0.933. The van der Waals surface area contributed by atoms with Crippen LogP contribution in [-0.2, 0) is 4.79 Å². The summed E-state index contributed by atoms with van der Waals surface area (Å²) in [5.41, 5.74) is 11.0. The zero-order chi connectivity index (χ0) is 15.3. The molecule has 0 aromatic rings. The molecule has 3 atom stereocenters. The van der Waals surface area contributed by atoms with E-state index in [1.807, 2.05) is 0 Å². The van der Waals surface area contributed by atoms with Gasteiger partial charge in [-0.15, -0.1) is 0 Å². The summed E-state index contributed by atoms with van der Waals surface area (Å²) in [6.45, 7) is 7.49. The number of nitrogens with two attached hydrogens (primary N) is 2. The van der Waals surface area contributed by atoms with Crippen molar-refractivity contribution in [1.82, 2.24) is 9.80 Å². The lowest BCUT2D eigenvalue weighted by atomic mass is 9.85. The summed E-state index contributed by atoms with van der Waals surface area (Å²) in [6, 6.07) is 0.511. The minimum atomic E-state index is -0.774. The monoisotopic (exact) mass is 284 g/mol. The van der Waals surface area contributed by atoms with Gasteiger partial charge in [0.05, 0.1) is 5.54 Å². The molecule has 0 spiro atoms. The Kier molecular flexibility index (Phi) is 6.43. The van der Waals surface area contributed by atoms with Gasteiger partial charge in [-0.2, -0.15) is 0 Å². The number of amides is 1. The number of likely N-dealkylation sites (N-methyl/N-ethyl adjacent to an activating group) is 2. The molecule has 20 heavy (non-hydrogen) atoms. The Morgan fingerprint density at radius 3 is 2.60 bits per heavy atom. The smallest absolute Gasteiger partial charge is 0.237 e. The van der Waals surface area contributed by atoms with Crippen LogP contribution < -0.4 is 11.5 Å². The second kappa shape index (κ2) is 7.38. The highest BCUT2D eigenvalue weighted by molar-refractivity contribution is 5.85. The Labute approximate surface area is 123 Å². The summed E-state index contributed by atoms with van der Waals surface area (Å²) < 4.78 is 0. The summed E-state index contributed by atoms with van der Waals surface area (Å²) in [6.07, 6.45) is 3.75. The van der Waals surface area contributed by atoms with Gasteiger partial charge < -0.3 is 16.4 Å². The second-order valence-electron chi connectivity index (χ2n) is 6.52. The Hall–Kier alpha value is -0.650. The van der Waals surface area contributed by atoms with Gasteiger partial charge in [0.1, 0.15) is 0 Å². The van der Waals surface area contributed by atoms with Crippen molar-refractivity contribution in [2.75, 3.05) is 33.7 Å². The quantitative estimate of drug-likeness (QED) is 0.685. The Balaban J connectivity index is 2.54. The van der Waals surface area contributed by atoms with Crippen LogP contribution in [0.4, 0.5) is 0 Å². The third kappa shape index (κ3) is 4.17. The average Bonchev–Trinajstić information content (AvgIpc) is 2.72. The summed E-state index contributed by atoms with van der Waals surface area (Å²) in [5, 5.41) is 0. The lowest BCUT2D eigenvalue weighted by molar-refractivity contribution is -0.124. The van der Waals surface area contributed by atoms with E-state index < -0.39 is 5.54 Å². The molecule has 4 N–H and O–H groups in total. The van der Waals surface area contributed by atoms with E-state index >= 15 is 0 Å². The van der Waals surface area contributed by atoms with Gasteiger partial charge >= 0.3 is 0 Å². The second-order valence-corrected chi connectivity index (χ2v) is 6.52. The average molecular weight is 284 g/mol. The van der Waals surface area contributed by atoms with E-state index in [1.54, 1.807) is 0 Å². The maximum atomic E-state index is 11.6. The van der Waals surface area contributed by atoms with Crippen LogP contribution in [0.15, 0.2) is 0 Å². The van der Waals surface area contributed by atoms with Crippen LogP contribution in [0.25, 0.3) is 0 Å². The van der Waals surface area contributed by atoms with Crippen LogP contribution in [0.2, 0.25) is 0 Å². The van der Waals surface area contributed by atoms with Crippen molar-refractivity contribution >= 4 is 5.91 Å². The minimum absolute atomic E-state index is 0.237. The van der Waals surface area contributed by atoms with Gasteiger partial charge in [0.25, 0.3) is 0 Å². The molecule has 118 valence electrons. The number of hydrogen-bond acceptors (Lipinski definition) is 4. The predicted molar refractivity (Wildman–Crippen MR) is 83.3 cm³/mol. The largest absolute Gasteiger partial charge is 0.368 e. The lowest BCUT2D eigenvalue weighted by Crippen LogP contribution is -2.55. The van der Waals surface area contributed by atoms with E-state index in [0.29, 0.717) is 6.04 Å². The molecule has 0 bridgehead atoms. The number of primary amides is 1. The first-order valence-electron chi connectivity index (χ1n) is 7.78. The first-order chi connectivity index (χ1) is 9.31. The molecule has 0 saturated heterocycles. The van der Waals surface area contributed by atoms with Crippen molar-refractivity contribution in [1.29, 1.82) is 0 Å². The van der Waals surface area contributed by atoms with Gasteiger partial charge in [-0.1, -0.05) is 13.3 Å². The standard InChI is InChI=1S/C15H32N4O/c1-5-19(12(2)11-18(3)4)10-8-13-7-6-9-15(13,17)14(16)20/h12-13H,5-11,17H2,1-4H3,(H2,16,20). The van der Waals surface area contributed by atoms with E-state index in [1.165, 1.54) is 0 Å². The fourth-order valence-corrected chi connectivity index (χ4v) is 3.48. The van der Waals surface area contributed by atoms with Crippen LogP contribution in [0.5, 0.6) is 0 Å². The van der Waals surface area contributed by atoms with E-state index in [0.717, 1.165) is 45.3 Å². The maximum Gasteiger partial charge on any atom is 0.237 e. The highest BCUT2D eigenvalue weighted by atomic mass is 16.1. The highest BCUT2D eigenvalue weighted by Gasteiger charge is 2.44. The van der Waals surface area contributed by atoms with Crippen molar-refractivity contribution in [3.8, 4) is 0 Å². The third-order valence-electron chi connectivity index (χ3n) is 4.75. The molecule has 0 aliphatic heterocycles. The molecule has 0 aromatic heterocycles. The van der Waals surface area contributed by atoms with Crippen molar-refractivity contribution in [3.63, 3.8) is 0 Å². The topological polar surface area (TPSA) is 75.6 Å². The van der Waals surface area contributed by atoms with Crippen molar-refractivity contribution in [3.05, 3.63) is 0 Å². The Morgan fingerprint density at radius 2 is 2.10 bits per heavy atom. The third-order valence-corrected chi connectivity index (χ3v) is 4.75. The number of carbonyl (C=O) groups is 1. The molecular weight excluding hydrogens is 252 g/mol. The summed E-state index contributed by atoms with van der Waals surface area (Å²) in [4.78, 5) is 16.3. The predicted octanol–water partition coefficient (Wildman–Crippen LogP) is 0.631. The first-order valence-corrected chi connectivity index (χ1v) is 7.78. The van der Waals surface area contributed by atoms with Crippen LogP contribution in [0, 0.1) is 5.92 Å². The van der Waals surface area contributed by atoms with Crippen molar-refractivity contribution < 1.29 is 4.79 Å². The van der Waals surface area contributed by atoms with Crippen LogP contribution >= 0.6 is 0 Å². The summed E-state index contributed by atoms with van der Waals surface area (Å²) in [7, 11) is 4.19. The number of carbonyl (C=O) groups excluding carboxylic acids is 1. The van der Waals surface area contributed by atoms with Crippen molar-refractivity contribution in [2.24, 2.45) is 17.4 Å². The Morgan fingerprint density at radius 1 is 1.45 bits per heavy atom. The zero-order valence-electron chi connectivity index (χ0n) is 13.6. The van der Waals surface area contributed by atoms with Gasteiger partial charge in [0.15, 0.2) is 0 Å². The molecule has 0 radical (unpaired) electrons. The molecule has 1 aliphatic rings. The van der Waals surface area contributed by atoms with Gasteiger partial charge in [-0.25, -0.2) is 0 Å². The molecule has 1 rings (SSSR count). The van der Waals surface area contributed by atoms with E-state index in [9.17, 15) is 4.79 Å². The zero-order valence-corrected chi connectivity index (χ0v) is 13.6. The molecule has 0 heterocycles. The van der Waals surface area contributed by atoms with E-state index in [2.05, 4.69) is 37.7 Å². The lowest BCUT2D eigenvalue weighted by Gasteiger charge is -2.33. The molecule has 1 saturated carbocycles. The number of nitrogens with zero attached hydrogens (tertiary/aromatic N) is 2. The maximum absolute atomic E-state index is 11.6. The first kappa shape index (κ1) is 17.4. The highest BCUT2D eigenvalue weighted by Crippen LogP contribution is 2.36. The van der Waals surface area contributed by atoms with E-state index in [4.69, 9.17) is 11.5 Å². The molecule has 1 fully saturated rings. The number of hydrogen-bond donors (Lipinski definition) is 2. The van der Waals surface area contributed by atoms with E-state index in [-0.39, 0.29) is 11.8 Å². The molecule has 0 aromatic carbocycles. The van der Waals surface area contributed by atoms with Gasteiger partial charge in [-0.05, 0) is 59.3 Å². The van der Waals surface area contributed by atoms with Crippen LogP contribution in [0.3, 0.4) is 0 Å². The molecule has 1 aliphatic carbocycles. The molecule has 1 amide bonds. The Bertz CT molecular complexity index is 321. The molecular formula is C15H32N4O. The minimum Gasteiger partial charge on any atom is -0.368 e. The normalized spacial score (nSPS) is 28.2. The fourth-order valence-electron chi connectivity index (χ4n) is 3.48. The van der Waals surface area contributed by atoms with Gasteiger partial charge in [-0.3, -0.25) is 9.69 Å². The van der Waals surface area contributed by atoms with Gasteiger partial charge in [0.2, 0.25) is 5.91 Å². The molecule has 3 unspecified atom stereocenters. The molecule has 5 nitrogen and oxygen atoms in total. The van der Waals surface area contributed by atoms with Gasteiger partial charge in [0, 0.05) is 12.6 Å².